The van der Waals surface area contributed by atoms with Gasteiger partial charge in [-0.05, 0) is 11.1 Å². The fourth-order valence-corrected chi connectivity index (χ4v) is 3.37. The van der Waals surface area contributed by atoms with Crippen LogP contribution in [0.1, 0.15) is 17.5 Å². The topological polar surface area (TPSA) is 105 Å². The molecular weight excluding hydrogens is 392 g/mol. The number of carboxylic acids is 1. The summed E-state index contributed by atoms with van der Waals surface area (Å²) >= 11 is 1.43. The van der Waals surface area contributed by atoms with E-state index >= 15 is 0 Å². The van der Waals surface area contributed by atoms with Gasteiger partial charge in [0.15, 0.2) is 0 Å². The minimum Gasteiger partial charge on any atom is -0.480 e. The van der Waals surface area contributed by atoms with E-state index in [1.165, 1.54) is 11.8 Å². The molecule has 0 aliphatic carbocycles. The molecule has 0 radical (unpaired) electrons. The van der Waals surface area contributed by atoms with Gasteiger partial charge >= 0.3 is 12.1 Å². The maximum absolute atomic E-state index is 12.0. The zero-order valence-corrected chi connectivity index (χ0v) is 16.7. The van der Waals surface area contributed by atoms with Crippen molar-refractivity contribution in [3.63, 3.8) is 0 Å². The fourth-order valence-electron chi connectivity index (χ4n) is 2.36. The van der Waals surface area contributed by atoms with E-state index < -0.39 is 24.0 Å². The molecule has 0 aliphatic heterocycles. The third kappa shape index (κ3) is 9.16. The van der Waals surface area contributed by atoms with Crippen molar-refractivity contribution in [2.45, 2.75) is 24.8 Å². The highest BCUT2D eigenvalue weighted by molar-refractivity contribution is 7.98. The maximum atomic E-state index is 12.0. The zero-order valence-electron chi connectivity index (χ0n) is 15.9. The lowest BCUT2D eigenvalue weighted by Gasteiger charge is -2.14. The summed E-state index contributed by atoms with van der Waals surface area (Å²) < 4.78 is 5.05. The Kier molecular flexibility index (Phi) is 9.57. The Balaban J connectivity index is 1.63. The van der Waals surface area contributed by atoms with Gasteiger partial charge in [-0.3, -0.25) is 4.79 Å². The molecule has 29 heavy (non-hydrogen) atoms. The third-order valence-corrected chi connectivity index (χ3v) is 4.97. The minimum absolute atomic E-state index is 0.0342. The molecule has 7 nitrogen and oxygen atoms in total. The van der Waals surface area contributed by atoms with Crippen LogP contribution in [0.15, 0.2) is 60.7 Å². The molecule has 0 saturated carbocycles. The highest BCUT2D eigenvalue weighted by Crippen LogP contribution is 2.13. The molecule has 0 bridgehead atoms. The van der Waals surface area contributed by atoms with Crippen molar-refractivity contribution in [2.75, 3.05) is 12.3 Å². The SMILES string of the molecule is O=C(CCNC(=O)OCc1ccccc1)N[C@H](CSCc1ccccc1)C(=O)O. The zero-order chi connectivity index (χ0) is 20.9. The van der Waals surface area contributed by atoms with Crippen molar-refractivity contribution >= 4 is 29.7 Å². The van der Waals surface area contributed by atoms with E-state index in [0.717, 1.165) is 11.1 Å². The van der Waals surface area contributed by atoms with Crippen LogP contribution < -0.4 is 10.6 Å². The standard InChI is InChI=1S/C21H24N2O5S/c24-19(11-12-22-21(27)28-13-16-7-3-1-4-8-16)23-18(20(25)26)15-29-14-17-9-5-2-6-10-17/h1-10,18H,11-15H2,(H,22,27)(H,23,24)(H,25,26)/t18-/m1/s1. The number of amides is 2. The number of benzene rings is 2. The van der Waals surface area contributed by atoms with E-state index in [4.69, 9.17) is 4.74 Å². The Morgan fingerprint density at radius 2 is 1.59 bits per heavy atom. The molecule has 3 N–H and O–H groups in total. The first-order valence-corrected chi connectivity index (χ1v) is 10.3. The molecular formula is C21H24N2O5S. The number of ether oxygens (including phenoxy) is 1. The van der Waals surface area contributed by atoms with Crippen molar-refractivity contribution in [3.8, 4) is 0 Å². The highest BCUT2D eigenvalue weighted by Gasteiger charge is 2.19. The molecule has 0 heterocycles. The number of carbonyl (C=O) groups is 3. The van der Waals surface area contributed by atoms with Crippen molar-refractivity contribution in [1.82, 2.24) is 10.6 Å². The van der Waals surface area contributed by atoms with E-state index in [1.807, 2.05) is 60.7 Å². The van der Waals surface area contributed by atoms with Gasteiger partial charge < -0.3 is 20.5 Å². The number of hydrogen-bond acceptors (Lipinski definition) is 5. The first-order chi connectivity index (χ1) is 14.0. The highest BCUT2D eigenvalue weighted by atomic mass is 32.2. The number of hydrogen-bond donors (Lipinski definition) is 3. The monoisotopic (exact) mass is 416 g/mol. The maximum Gasteiger partial charge on any atom is 0.407 e. The lowest BCUT2D eigenvalue weighted by molar-refractivity contribution is -0.141. The second kappa shape index (κ2) is 12.5. The number of alkyl carbamates (subject to hydrolysis) is 1. The number of rotatable bonds is 11. The number of carbonyl (C=O) groups excluding carboxylic acids is 2. The van der Waals surface area contributed by atoms with Crippen LogP contribution in [-0.2, 0) is 26.7 Å². The Bertz CT molecular complexity index is 786. The Hall–Kier alpha value is -3.00. The molecule has 154 valence electrons. The van der Waals surface area contributed by atoms with Crippen LogP contribution in [0, 0.1) is 0 Å². The molecule has 0 spiro atoms. The summed E-state index contributed by atoms with van der Waals surface area (Å²) in [5, 5.41) is 14.3. The smallest absolute Gasteiger partial charge is 0.407 e. The summed E-state index contributed by atoms with van der Waals surface area (Å²) in [4.78, 5) is 35.0. The second-order valence-corrected chi connectivity index (χ2v) is 7.23. The Morgan fingerprint density at radius 1 is 0.966 bits per heavy atom. The average molecular weight is 416 g/mol. The molecule has 0 saturated heterocycles. The number of thioether (sulfide) groups is 1. The van der Waals surface area contributed by atoms with Gasteiger partial charge in [-0.2, -0.15) is 11.8 Å². The minimum atomic E-state index is -1.09. The van der Waals surface area contributed by atoms with Crippen LogP contribution in [0.3, 0.4) is 0 Å². The van der Waals surface area contributed by atoms with E-state index in [1.54, 1.807) is 0 Å². The van der Waals surface area contributed by atoms with Crippen LogP contribution in [-0.4, -0.2) is 41.4 Å². The van der Waals surface area contributed by atoms with Gasteiger partial charge in [0.1, 0.15) is 12.6 Å². The first-order valence-electron chi connectivity index (χ1n) is 9.13. The average Bonchev–Trinajstić information content (AvgIpc) is 2.73. The number of aliphatic carboxylic acids is 1. The normalized spacial score (nSPS) is 11.3. The summed E-state index contributed by atoms with van der Waals surface area (Å²) in [6.45, 7) is 0.196. The van der Waals surface area contributed by atoms with Crippen molar-refractivity contribution < 1.29 is 24.2 Å². The summed E-state index contributed by atoms with van der Waals surface area (Å²) in [5.74, 6) is -0.618. The predicted molar refractivity (Wildman–Crippen MR) is 111 cm³/mol. The third-order valence-electron chi connectivity index (χ3n) is 3.86. The van der Waals surface area contributed by atoms with Crippen LogP contribution in [0.25, 0.3) is 0 Å². The van der Waals surface area contributed by atoms with Crippen LogP contribution in [0.5, 0.6) is 0 Å². The first kappa shape index (κ1) is 22.3. The Labute approximate surface area is 173 Å². The molecule has 0 aliphatic rings. The lowest BCUT2D eigenvalue weighted by atomic mass is 10.2. The summed E-state index contributed by atoms with van der Waals surface area (Å²) in [6, 6.07) is 17.9. The Morgan fingerprint density at radius 3 is 2.21 bits per heavy atom. The van der Waals surface area contributed by atoms with Gasteiger partial charge in [-0.1, -0.05) is 60.7 Å². The summed E-state index contributed by atoms with van der Waals surface area (Å²) in [7, 11) is 0. The number of nitrogens with one attached hydrogen (secondary N) is 2. The molecule has 0 aromatic heterocycles. The van der Waals surface area contributed by atoms with Gasteiger partial charge in [-0.25, -0.2) is 9.59 Å². The van der Waals surface area contributed by atoms with Gasteiger partial charge in [0, 0.05) is 24.5 Å². The van der Waals surface area contributed by atoms with Crippen molar-refractivity contribution in [3.05, 3.63) is 71.8 Å². The quantitative estimate of drug-likeness (QED) is 0.520. The van der Waals surface area contributed by atoms with Gasteiger partial charge in [0.25, 0.3) is 0 Å². The van der Waals surface area contributed by atoms with Crippen LogP contribution in [0.2, 0.25) is 0 Å². The lowest BCUT2D eigenvalue weighted by Crippen LogP contribution is -2.43. The molecule has 2 rings (SSSR count). The van der Waals surface area contributed by atoms with E-state index in [2.05, 4.69) is 10.6 Å². The predicted octanol–water partition coefficient (Wildman–Crippen LogP) is 2.81. The van der Waals surface area contributed by atoms with Crippen LogP contribution in [0.4, 0.5) is 4.79 Å². The fraction of sp³-hybridized carbons (Fsp3) is 0.286. The van der Waals surface area contributed by atoms with E-state index in [-0.39, 0.29) is 25.3 Å². The molecule has 0 fully saturated rings. The molecule has 2 aromatic rings. The summed E-state index contributed by atoms with van der Waals surface area (Å²) in [6.07, 6.45) is -0.664. The molecule has 1 atom stereocenters. The van der Waals surface area contributed by atoms with Gasteiger partial charge in [0.2, 0.25) is 5.91 Å². The van der Waals surface area contributed by atoms with Crippen molar-refractivity contribution in [2.24, 2.45) is 0 Å². The van der Waals surface area contributed by atoms with Gasteiger partial charge in [-0.15, -0.1) is 0 Å². The largest absolute Gasteiger partial charge is 0.480 e. The van der Waals surface area contributed by atoms with E-state index in [0.29, 0.717) is 5.75 Å². The molecule has 2 aromatic carbocycles. The summed E-state index contributed by atoms with van der Waals surface area (Å²) in [5.41, 5.74) is 1.95. The molecule has 2 amide bonds. The van der Waals surface area contributed by atoms with E-state index in [9.17, 15) is 19.5 Å². The van der Waals surface area contributed by atoms with Crippen LogP contribution >= 0.6 is 11.8 Å². The van der Waals surface area contributed by atoms with Crippen molar-refractivity contribution in [1.29, 1.82) is 0 Å². The second-order valence-electron chi connectivity index (χ2n) is 6.20. The number of carboxylic acid groups (broad SMARTS) is 1. The van der Waals surface area contributed by atoms with Gasteiger partial charge in [0.05, 0.1) is 0 Å². The molecule has 0 unspecified atom stereocenters. The molecule has 8 heteroatoms.